The number of hydrogen-bond donors (Lipinski definition) is 2. The Morgan fingerprint density at radius 3 is 2.25 bits per heavy atom. The topological polar surface area (TPSA) is 46.2 Å². The second-order valence-corrected chi connectivity index (χ2v) is 5.29. The molecule has 0 aliphatic carbocycles. The molecule has 0 aliphatic rings. The molecule has 0 bridgehead atoms. The van der Waals surface area contributed by atoms with Gasteiger partial charge in [-0.2, -0.15) is 0 Å². The van der Waals surface area contributed by atoms with Crippen LogP contribution < -0.4 is 5.73 Å². The predicted octanol–water partition coefficient (Wildman–Crippen LogP) is 3.91. The highest BCUT2D eigenvalue weighted by molar-refractivity contribution is 6.36. The summed E-state index contributed by atoms with van der Waals surface area (Å²) in [4.78, 5) is 0. The maximum atomic E-state index is 13.3. The van der Waals surface area contributed by atoms with Gasteiger partial charge in [-0.3, -0.25) is 0 Å². The van der Waals surface area contributed by atoms with Crippen LogP contribution in [0.15, 0.2) is 42.5 Å². The molecule has 2 nitrogen and oxygen atoms in total. The van der Waals surface area contributed by atoms with Crippen LogP contribution in [0.1, 0.15) is 23.1 Å². The lowest BCUT2D eigenvalue weighted by Crippen LogP contribution is -2.21. The van der Waals surface area contributed by atoms with E-state index in [4.69, 9.17) is 28.9 Å². The van der Waals surface area contributed by atoms with E-state index in [1.54, 1.807) is 24.3 Å². The highest BCUT2D eigenvalue weighted by Gasteiger charge is 2.25. The summed E-state index contributed by atoms with van der Waals surface area (Å²) >= 11 is 12.3. The minimum absolute atomic E-state index is 0.140. The molecule has 20 heavy (non-hydrogen) atoms. The molecule has 2 aromatic carbocycles. The Morgan fingerprint density at radius 2 is 1.70 bits per heavy atom. The predicted molar refractivity (Wildman–Crippen MR) is 79.6 cm³/mol. The van der Waals surface area contributed by atoms with Gasteiger partial charge < -0.3 is 10.8 Å². The molecule has 0 saturated heterocycles. The largest absolute Gasteiger partial charge is 0.388 e. The van der Waals surface area contributed by atoms with Gasteiger partial charge in [0.2, 0.25) is 0 Å². The summed E-state index contributed by atoms with van der Waals surface area (Å²) in [7, 11) is 0. The first-order chi connectivity index (χ1) is 9.54. The lowest BCUT2D eigenvalue weighted by Gasteiger charge is -2.24. The van der Waals surface area contributed by atoms with Crippen molar-refractivity contribution in [2.75, 3.05) is 6.54 Å². The summed E-state index contributed by atoms with van der Waals surface area (Å²) in [5.74, 6) is -0.916. The third-order valence-corrected chi connectivity index (χ3v) is 3.85. The average Bonchev–Trinajstić information content (AvgIpc) is 2.42. The fraction of sp³-hybridized carbons (Fsp3) is 0.200. The number of hydrogen-bond acceptors (Lipinski definition) is 2. The van der Waals surface area contributed by atoms with Crippen LogP contribution >= 0.6 is 23.2 Å². The molecule has 2 unspecified atom stereocenters. The molecule has 0 spiro atoms. The van der Waals surface area contributed by atoms with Gasteiger partial charge in [-0.1, -0.05) is 41.4 Å². The van der Waals surface area contributed by atoms with E-state index in [1.165, 1.54) is 18.2 Å². The fourth-order valence-electron chi connectivity index (χ4n) is 2.19. The molecular formula is C15H14Cl2FNO. The fourth-order valence-corrected chi connectivity index (χ4v) is 2.87. The summed E-state index contributed by atoms with van der Waals surface area (Å²) in [6.45, 7) is 0.140. The number of rotatable bonds is 4. The van der Waals surface area contributed by atoms with Crippen molar-refractivity contribution in [1.82, 2.24) is 0 Å². The Labute approximate surface area is 126 Å². The summed E-state index contributed by atoms with van der Waals surface area (Å²) in [5.41, 5.74) is 6.77. The van der Waals surface area contributed by atoms with Crippen LogP contribution in [0.25, 0.3) is 0 Å². The first-order valence-corrected chi connectivity index (χ1v) is 6.87. The molecule has 2 rings (SSSR count). The zero-order valence-electron chi connectivity index (χ0n) is 10.6. The van der Waals surface area contributed by atoms with Crippen molar-refractivity contribution in [3.05, 3.63) is 69.5 Å². The van der Waals surface area contributed by atoms with Gasteiger partial charge in [-0.05, 0) is 35.4 Å². The molecule has 5 heteroatoms. The smallest absolute Gasteiger partial charge is 0.123 e. The third kappa shape index (κ3) is 3.13. The van der Waals surface area contributed by atoms with Gasteiger partial charge in [0.15, 0.2) is 0 Å². The van der Waals surface area contributed by atoms with Crippen LogP contribution in [0.3, 0.4) is 0 Å². The van der Waals surface area contributed by atoms with Crippen molar-refractivity contribution < 1.29 is 9.50 Å². The molecule has 0 radical (unpaired) electrons. The van der Waals surface area contributed by atoms with E-state index >= 15 is 0 Å². The van der Waals surface area contributed by atoms with Crippen molar-refractivity contribution in [3.8, 4) is 0 Å². The molecule has 0 amide bonds. The van der Waals surface area contributed by atoms with Gasteiger partial charge in [-0.15, -0.1) is 0 Å². The number of aliphatic hydroxyl groups is 1. The SMILES string of the molecule is NCC(c1c(Cl)cccc1Cl)C(O)c1cccc(F)c1. The van der Waals surface area contributed by atoms with Crippen LogP contribution in [0.5, 0.6) is 0 Å². The maximum absolute atomic E-state index is 13.3. The molecule has 3 N–H and O–H groups in total. The summed E-state index contributed by atoms with van der Waals surface area (Å²) in [5, 5.41) is 11.3. The van der Waals surface area contributed by atoms with E-state index in [0.717, 1.165) is 0 Å². The number of aliphatic hydroxyl groups excluding tert-OH is 1. The first kappa shape index (κ1) is 15.3. The molecular weight excluding hydrogens is 300 g/mol. The zero-order valence-corrected chi connectivity index (χ0v) is 12.1. The van der Waals surface area contributed by atoms with Gasteiger partial charge in [0.05, 0.1) is 6.10 Å². The molecule has 0 saturated carbocycles. The Hall–Kier alpha value is -1.13. The quantitative estimate of drug-likeness (QED) is 0.899. The van der Waals surface area contributed by atoms with Crippen LogP contribution in [0.2, 0.25) is 10.0 Å². The lowest BCUT2D eigenvalue weighted by atomic mass is 9.89. The molecule has 0 heterocycles. The lowest BCUT2D eigenvalue weighted by molar-refractivity contribution is 0.147. The van der Waals surface area contributed by atoms with Crippen molar-refractivity contribution >= 4 is 23.2 Å². The minimum Gasteiger partial charge on any atom is -0.388 e. The van der Waals surface area contributed by atoms with Gasteiger partial charge in [0, 0.05) is 22.5 Å². The summed E-state index contributed by atoms with van der Waals surface area (Å²) in [6, 6.07) is 10.9. The van der Waals surface area contributed by atoms with Gasteiger partial charge in [-0.25, -0.2) is 4.39 Å². The second-order valence-electron chi connectivity index (χ2n) is 4.48. The van der Waals surface area contributed by atoms with E-state index in [0.29, 0.717) is 21.2 Å². The number of halogens is 3. The Bertz CT molecular complexity index is 586. The molecule has 0 fully saturated rings. The standard InChI is InChI=1S/C15H14Cl2FNO/c16-12-5-2-6-13(17)14(12)11(8-19)15(20)9-3-1-4-10(18)7-9/h1-7,11,15,20H,8,19H2. The van der Waals surface area contributed by atoms with Crippen molar-refractivity contribution in [3.63, 3.8) is 0 Å². The Balaban J connectivity index is 2.42. The highest BCUT2D eigenvalue weighted by Crippen LogP contribution is 2.38. The van der Waals surface area contributed by atoms with Crippen LogP contribution in [0, 0.1) is 5.82 Å². The van der Waals surface area contributed by atoms with Crippen molar-refractivity contribution in [1.29, 1.82) is 0 Å². The van der Waals surface area contributed by atoms with Gasteiger partial charge >= 0.3 is 0 Å². The first-order valence-electron chi connectivity index (χ1n) is 6.12. The monoisotopic (exact) mass is 313 g/mol. The van der Waals surface area contributed by atoms with E-state index in [1.807, 2.05) is 0 Å². The molecule has 0 aromatic heterocycles. The number of nitrogens with two attached hydrogens (primary N) is 1. The Kier molecular flexibility index (Phi) is 5.00. The van der Waals surface area contributed by atoms with E-state index < -0.39 is 17.8 Å². The molecule has 106 valence electrons. The average molecular weight is 314 g/mol. The summed E-state index contributed by atoms with van der Waals surface area (Å²) < 4.78 is 13.3. The molecule has 2 atom stereocenters. The van der Waals surface area contributed by atoms with Gasteiger partial charge in [0.1, 0.15) is 5.82 Å². The van der Waals surface area contributed by atoms with E-state index in [-0.39, 0.29) is 6.54 Å². The Morgan fingerprint density at radius 1 is 1.10 bits per heavy atom. The van der Waals surface area contributed by atoms with Crippen molar-refractivity contribution in [2.24, 2.45) is 5.73 Å². The molecule has 0 aliphatic heterocycles. The van der Waals surface area contributed by atoms with Crippen LogP contribution in [0.4, 0.5) is 4.39 Å². The van der Waals surface area contributed by atoms with E-state index in [9.17, 15) is 9.50 Å². The number of benzene rings is 2. The highest BCUT2D eigenvalue weighted by atomic mass is 35.5. The second kappa shape index (κ2) is 6.55. The maximum Gasteiger partial charge on any atom is 0.123 e. The van der Waals surface area contributed by atoms with Gasteiger partial charge in [0.25, 0.3) is 0 Å². The summed E-state index contributed by atoms with van der Waals surface area (Å²) in [6.07, 6.45) is -0.979. The van der Waals surface area contributed by atoms with E-state index in [2.05, 4.69) is 0 Å². The van der Waals surface area contributed by atoms with Crippen LogP contribution in [-0.4, -0.2) is 11.7 Å². The zero-order chi connectivity index (χ0) is 14.7. The third-order valence-electron chi connectivity index (χ3n) is 3.20. The molecule has 2 aromatic rings. The van der Waals surface area contributed by atoms with Crippen LogP contribution in [-0.2, 0) is 0 Å². The van der Waals surface area contributed by atoms with Crippen molar-refractivity contribution in [2.45, 2.75) is 12.0 Å². The normalized spacial score (nSPS) is 14.1. The minimum atomic E-state index is -0.979.